The molecule has 0 aromatic carbocycles. The van der Waals surface area contributed by atoms with E-state index in [9.17, 15) is 4.79 Å². The number of amides is 1. The number of hydrogen-bond donors (Lipinski definition) is 1. The summed E-state index contributed by atoms with van der Waals surface area (Å²) in [5.74, 6) is 2.10. The van der Waals surface area contributed by atoms with E-state index in [1.807, 2.05) is 32.5 Å². The summed E-state index contributed by atoms with van der Waals surface area (Å²) in [4.78, 5) is 11.1. The molecule has 0 aliphatic carbocycles. The van der Waals surface area contributed by atoms with Gasteiger partial charge in [-0.2, -0.15) is 11.8 Å². The lowest BCUT2D eigenvalue weighted by Gasteiger charge is -2.19. The van der Waals surface area contributed by atoms with Crippen molar-refractivity contribution in [1.82, 2.24) is 5.32 Å². The maximum absolute atomic E-state index is 11.1. The van der Waals surface area contributed by atoms with Crippen molar-refractivity contribution in [2.75, 3.05) is 18.1 Å². The van der Waals surface area contributed by atoms with Gasteiger partial charge in [-0.15, -0.1) is 0 Å². The van der Waals surface area contributed by atoms with Crippen LogP contribution in [-0.2, 0) is 4.74 Å². The van der Waals surface area contributed by atoms with Gasteiger partial charge in [0.2, 0.25) is 0 Å². The van der Waals surface area contributed by atoms with Crippen LogP contribution in [0.25, 0.3) is 0 Å². The molecule has 0 aromatic heterocycles. The highest BCUT2D eigenvalue weighted by atomic mass is 32.2. The maximum Gasteiger partial charge on any atom is 0.407 e. The summed E-state index contributed by atoms with van der Waals surface area (Å²) in [6, 6.07) is 0. The van der Waals surface area contributed by atoms with Crippen molar-refractivity contribution in [2.24, 2.45) is 0 Å². The Kier molecular flexibility index (Phi) is 6.79. The molecule has 0 aliphatic heterocycles. The van der Waals surface area contributed by atoms with Crippen LogP contribution in [0.2, 0.25) is 0 Å². The Labute approximate surface area is 91.0 Å². The summed E-state index contributed by atoms with van der Waals surface area (Å²) in [6.07, 6.45) is 0.853. The fraction of sp³-hybridized carbons (Fsp3) is 0.900. The lowest BCUT2D eigenvalue weighted by Crippen LogP contribution is -2.33. The minimum absolute atomic E-state index is 0.324. The van der Waals surface area contributed by atoms with Gasteiger partial charge in [-0.1, -0.05) is 6.92 Å². The van der Waals surface area contributed by atoms with Crippen molar-refractivity contribution in [2.45, 2.75) is 39.7 Å². The fourth-order valence-corrected chi connectivity index (χ4v) is 1.53. The van der Waals surface area contributed by atoms with Crippen molar-refractivity contribution in [3.05, 3.63) is 0 Å². The standard InChI is InChI=1S/C10H21NO2S/c1-5-7-14-8-6-11-9(12)13-10(2,3)4/h5-8H2,1-4H3,(H,11,12). The van der Waals surface area contributed by atoms with Gasteiger partial charge in [0.25, 0.3) is 0 Å². The highest BCUT2D eigenvalue weighted by Gasteiger charge is 2.15. The van der Waals surface area contributed by atoms with Crippen LogP contribution in [0.3, 0.4) is 0 Å². The Morgan fingerprint density at radius 2 is 2.00 bits per heavy atom. The van der Waals surface area contributed by atoms with Gasteiger partial charge >= 0.3 is 6.09 Å². The largest absolute Gasteiger partial charge is 0.444 e. The Balaban J connectivity index is 3.36. The molecule has 0 aromatic rings. The van der Waals surface area contributed by atoms with E-state index in [1.165, 1.54) is 6.42 Å². The normalized spacial score (nSPS) is 11.1. The molecule has 0 heterocycles. The number of carbonyl (C=O) groups excluding carboxylic acids is 1. The molecule has 0 rings (SSSR count). The first-order valence-corrected chi connectivity index (χ1v) is 6.16. The van der Waals surface area contributed by atoms with Crippen LogP contribution < -0.4 is 5.32 Å². The quantitative estimate of drug-likeness (QED) is 0.722. The topological polar surface area (TPSA) is 38.3 Å². The number of hydrogen-bond acceptors (Lipinski definition) is 3. The van der Waals surface area contributed by atoms with Crippen LogP contribution in [-0.4, -0.2) is 29.7 Å². The van der Waals surface area contributed by atoms with E-state index < -0.39 is 5.60 Å². The number of alkyl carbamates (subject to hydrolysis) is 1. The molecule has 14 heavy (non-hydrogen) atoms. The van der Waals surface area contributed by atoms with Gasteiger partial charge in [0, 0.05) is 12.3 Å². The van der Waals surface area contributed by atoms with E-state index in [-0.39, 0.29) is 6.09 Å². The number of thioether (sulfide) groups is 1. The first-order valence-electron chi connectivity index (χ1n) is 5.00. The van der Waals surface area contributed by atoms with Gasteiger partial charge in [0.05, 0.1) is 0 Å². The van der Waals surface area contributed by atoms with E-state index >= 15 is 0 Å². The lowest BCUT2D eigenvalue weighted by atomic mass is 10.2. The maximum atomic E-state index is 11.1. The molecule has 1 N–H and O–H groups in total. The first kappa shape index (κ1) is 13.6. The SMILES string of the molecule is CCCSCCNC(=O)OC(C)(C)C. The number of nitrogens with one attached hydrogen (secondary N) is 1. The van der Waals surface area contributed by atoms with E-state index in [4.69, 9.17) is 4.74 Å². The van der Waals surface area contributed by atoms with Crippen molar-refractivity contribution in [1.29, 1.82) is 0 Å². The van der Waals surface area contributed by atoms with Crippen molar-refractivity contribution >= 4 is 17.9 Å². The molecular weight excluding hydrogens is 198 g/mol. The van der Waals surface area contributed by atoms with E-state index in [1.54, 1.807) is 0 Å². The Hall–Kier alpha value is -0.380. The summed E-state index contributed by atoms with van der Waals surface area (Å²) in [5, 5.41) is 2.72. The van der Waals surface area contributed by atoms with Crippen LogP contribution in [0.1, 0.15) is 34.1 Å². The summed E-state index contributed by atoms with van der Waals surface area (Å²) in [5.41, 5.74) is -0.402. The molecule has 0 saturated heterocycles. The zero-order valence-corrected chi connectivity index (χ0v) is 10.4. The Morgan fingerprint density at radius 1 is 1.36 bits per heavy atom. The molecule has 0 atom stereocenters. The highest BCUT2D eigenvalue weighted by molar-refractivity contribution is 7.99. The third kappa shape index (κ3) is 9.71. The van der Waals surface area contributed by atoms with Crippen LogP contribution in [0.4, 0.5) is 4.79 Å². The Bertz CT molecular complexity index is 166. The number of rotatable bonds is 5. The molecule has 0 aliphatic rings. The average Bonchev–Trinajstić information content (AvgIpc) is 2.00. The molecule has 0 saturated carbocycles. The van der Waals surface area contributed by atoms with Gasteiger partial charge in [0.15, 0.2) is 0 Å². The van der Waals surface area contributed by atoms with E-state index in [0.717, 1.165) is 11.5 Å². The van der Waals surface area contributed by atoms with Gasteiger partial charge < -0.3 is 10.1 Å². The highest BCUT2D eigenvalue weighted by Crippen LogP contribution is 2.06. The van der Waals surface area contributed by atoms with E-state index in [2.05, 4.69) is 12.2 Å². The van der Waals surface area contributed by atoms with Crippen LogP contribution >= 0.6 is 11.8 Å². The molecule has 0 radical (unpaired) electrons. The van der Waals surface area contributed by atoms with Crippen LogP contribution in [0.5, 0.6) is 0 Å². The molecule has 1 amide bonds. The Morgan fingerprint density at radius 3 is 2.50 bits per heavy atom. The summed E-state index contributed by atoms with van der Waals surface area (Å²) < 4.78 is 5.08. The second-order valence-corrected chi connectivity index (χ2v) is 5.27. The van der Waals surface area contributed by atoms with Crippen LogP contribution in [0.15, 0.2) is 0 Å². The molecule has 0 spiro atoms. The zero-order chi connectivity index (χ0) is 11.0. The van der Waals surface area contributed by atoms with Crippen molar-refractivity contribution in [3.8, 4) is 0 Å². The van der Waals surface area contributed by atoms with Crippen molar-refractivity contribution < 1.29 is 9.53 Å². The predicted octanol–water partition coefficient (Wildman–Crippen LogP) is 2.65. The van der Waals surface area contributed by atoms with Crippen molar-refractivity contribution in [3.63, 3.8) is 0 Å². The third-order valence-electron chi connectivity index (χ3n) is 1.26. The zero-order valence-electron chi connectivity index (χ0n) is 9.55. The second kappa shape index (κ2) is 6.98. The molecule has 0 unspecified atom stereocenters. The van der Waals surface area contributed by atoms with E-state index in [0.29, 0.717) is 6.54 Å². The summed E-state index contributed by atoms with van der Waals surface area (Å²) in [7, 11) is 0. The van der Waals surface area contributed by atoms with Crippen LogP contribution in [0, 0.1) is 0 Å². The van der Waals surface area contributed by atoms with Gasteiger partial charge in [-0.25, -0.2) is 4.79 Å². The summed E-state index contributed by atoms with van der Waals surface area (Å²) >= 11 is 1.84. The first-order chi connectivity index (χ1) is 6.45. The number of carbonyl (C=O) groups is 1. The number of ether oxygens (including phenoxy) is 1. The molecule has 4 heteroatoms. The third-order valence-corrected chi connectivity index (χ3v) is 2.45. The molecule has 3 nitrogen and oxygen atoms in total. The second-order valence-electron chi connectivity index (χ2n) is 4.04. The lowest BCUT2D eigenvalue weighted by molar-refractivity contribution is 0.0531. The molecule has 0 bridgehead atoms. The minimum atomic E-state index is -0.402. The molecular formula is C10H21NO2S. The predicted molar refractivity (Wildman–Crippen MR) is 61.9 cm³/mol. The van der Waals surface area contributed by atoms with Gasteiger partial charge in [0.1, 0.15) is 5.60 Å². The smallest absolute Gasteiger partial charge is 0.407 e. The fourth-order valence-electron chi connectivity index (χ4n) is 0.786. The van der Waals surface area contributed by atoms with Gasteiger partial charge in [-0.05, 0) is 32.9 Å². The summed E-state index contributed by atoms with van der Waals surface area (Å²) in [6.45, 7) is 8.41. The average molecular weight is 219 g/mol. The molecule has 84 valence electrons. The van der Waals surface area contributed by atoms with Gasteiger partial charge in [-0.3, -0.25) is 0 Å². The minimum Gasteiger partial charge on any atom is -0.444 e. The molecule has 0 fully saturated rings. The monoisotopic (exact) mass is 219 g/mol.